The summed E-state index contributed by atoms with van der Waals surface area (Å²) in [5, 5.41) is 12.2. The molecular weight excluding hydrogens is 765 g/mol. The molecule has 0 atom stereocenters. The van der Waals surface area contributed by atoms with Crippen molar-refractivity contribution in [3.05, 3.63) is 231 Å². The summed E-state index contributed by atoms with van der Waals surface area (Å²) in [5.41, 5.74) is 13.3. The Labute approximate surface area is 363 Å². The molecule has 2 heterocycles. The highest BCUT2D eigenvalue weighted by Crippen LogP contribution is 2.42. The van der Waals surface area contributed by atoms with Gasteiger partial charge in [0.25, 0.3) is 0 Å². The van der Waals surface area contributed by atoms with Gasteiger partial charge in [0, 0.05) is 49.7 Å². The molecule has 13 aromatic rings. The average Bonchev–Trinajstić information content (AvgIpc) is 3.91. The van der Waals surface area contributed by atoms with Gasteiger partial charge in [0.2, 0.25) is 0 Å². The van der Waals surface area contributed by atoms with Crippen molar-refractivity contribution in [1.82, 2.24) is 4.57 Å². The molecule has 0 aliphatic rings. The maximum Gasteiger partial charge on any atom is 0.143 e. The van der Waals surface area contributed by atoms with Gasteiger partial charge in [-0.2, -0.15) is 0 Å². The van der Waals surface area contributed by atoms with Crippen molar-refractivity contribution in [3.63, 3.8) is 0 Å². The van der Waals surface area contributed by atoms with Crippen LogP contribution in [0, 0.1) is 0 Å². The first-order valence-corrected chi connectivity index (χ1v) is 21.6. The van der Waals surface area contributed by atoms with Gasteiger partial charge in [-0.05, 0) is 128 Å². The van der Waals surface area contributed by atoms with Gasteiger partial charge in [-0.25, -0.2) is 0 Å². The van der Waals surface area contributed by atoms with Crippen LogP contribution in [0.2, 0.25) is 0 Å². The summed E-state index contributed by atoms with van der Waals surface area (Å²) in [6.07, 6.45) is 0. The smallest absolute Gasteiger partial charge is 0.143 e. The van der Waals surface area contributed by atoms with E-state index in [1.54, 1.807) is 0 Å². The van der Waals surface area contributed by atoms with Crippen molar-refractivity contribution in [2.24, 2.45) is 0 Å². The second-order valence-corrected chi connectivity index (χ2v) is 16.5. The zero-order valence-electron chi connectivity index (χ0n) is 34.2. The topological polar surface area (TPSA) is 21.3 Å². The van der Waals surface area contributed by atoms with Crippen molar-refractivity contribution < 1.29 is 4.42 Å². The molecule has 0 N–H and O–H groups in total. The fraction of sp³-hybridized carbons (Fsp3) is 0. The second kappa shape index (κ2) is 14.1. The summed E-state index contributed by atoms with van der Waals surface area (Å²) in [5.74, 6) is 0. The maximum atomic E-state index is 6.56. The second-order valence-electron chi connectivity index (χ2n) is 16.5. The van der Waals surface area contributed by atoms with Crippen molar-refractivity contribution >= 4 is 93.1 Å². The highest BCUT2D eigenvalue weighted by atomic mass is 16.3. The molecule has 294 valence electrons. The lowest BCUT2D eigenvalue weighted by atomic mass is 9.97. The molecule has 0 saturated heterocycles. The minimum atomic E-state index is 0.896. The quantitative estimate of drug-likeness (QED) is 0.156. The fourth-order valence-electron chi connectivity index (χ4n) is 9.98. The number of aromatic nitrogens is 1. The van der Waals surface area contributed by atoms with E-state index in [9.17, 15) is 0 Å². The Morgan fingerprint density at radius 1 is 0.333 bits per heavy atom. The number of hydrogen-bond donors (Lipinski definition) is 0. The molecule has 0 aliphatic heterocycles. The molecule has 63 heavy (non-hydrogen) atoms. The zero-order valence-corrected chi connectivity index (χ0v) is 34.2. The molecule has 0 spiro atoms. The van der Waals surface area contributed by atoms with Crippen LogP contribution in [0.5, 0.6) is 0 Å². The molecule has 0 amide bonds. The van der Waals surface area contributed by atoms with E-state index in [0.29, 0.717) is 0 Å². The Bertz CT molecular complexity index is 3840. The Kier molecular flexibility index (Phi) is 7.91. The van der Waals surface area contributed by atoms with E-state index in [1.165, 1.54) is 59.9 Å². The van der Waals surface area contributed by atoms with Crippen LogP contribution in [-0.4, -0.2) is 4.57 Å². The van der Waals surface area contributed by atoms with Crippen LogP contribution in [0.3, 0.4) is 0 Å². The van der Waals surface area contributed by atoms with E-state index < -0.39 is 0 Å². The molecule has 3 heteroatoms. The number of benzene rings is 11. The first-order chi connectivity index (χ1) is 31.2. The van der Waals surface area contributed by atoms with Crippen molar-refractivity contribution in [2.75, 3.05) is 4.90 Å². The van der Waals surface area contributed by atoms with Crippen LogP contribution < -0.4 is 4.90 Å². The molecule has 0 saturated carbocycles. The normalized spacial score (nSPS) is 11.8. The largest absolute Gasteiger partial charge is 0.455 e. The van der Waals surface area contributed by atoms with Gasteiger partial charge in [-0.15, -0.1) is 0 Å². The van der Waals surface area contributed by atoms with E-state index >= 15 is 0 Å². The van der Waals surface area contributed by atoms with Gasteiger partial charge in [0.1, 0.15) is 11.2 Å². The molecule has 0 bridgehead atoms. The summed E-state index contributed by atoms with van der Waals surface area (Å²) in [6, 6.07) is 83.5. The standard InChI is InChI=1S/C60H38N2O/c1-3-12-49-40(10-1)20-21-44-38-43(27-36-50(44)49)39-22-28-45(29-23-39)61(47-32-34-48(35-33-47)62-56-17-7-5-14-53(56)54-15-6-8-18-57(54)62)46-30-24-42(25-31-46)51-16-9-19-58-59(51)55-37-26-41-11-2-4-13-52(41)60(55)63-58/h1-38H. The summed E-state index contributed by atoms with van der Waals surface area (Å²) in [4.78, 5) is 2.36. The molecule has 13 rings (SSSR count). The lowest BCUT2D eigenvalue weighted by Crippen LogP contribution is -2.10. The molecular formula is C60H38N2O. The van der Waals surface area contributed by atoms with E-state index in [-0.39, 0.29) is 0 Å². The number of hydrogen-bond acceptors (Lipinski definition) is 2. The van der Waals surface area contributed by atoms with Crippen LogP contribution in [0.25, 0.3) is 104 Å². The van der Waals surface area contributed by atoms with Gasteiger partial charge >= 0.3 is 0 Å². The van der Waals surface area contributed by atoms with Gasteiger partial charge in [0.15, 0.2) is 0 Å². The lowest BCUT2D eigenvalue weighted by Gasteiger charge is -2.26. The van der Waals surface area contributed by atoms with Crippen LogP contribution in [0.1, 0.15) is 0 Å². The monoisotopic (exact) mass is 802 g/mol. The van der Waals surface area contributed by atoms with Crippen molar-refractivity contribution in [1.29, 1.82) is 0 Å². The summed E-state index contributed by atoms with van der Waals surface area (Å²) in [7, 11) is 0. The van der Waals surface area contributed by atoms with Crippen LogP contribution in [0.15, 0.2) is 235 Å². The average molecular weight is 803 g/mol. The van der Waals surface area contributed by atoms with Crippen molar-refractivity contribution in [2.45, 2.75) is 0 Å². The van der Waals surface area contributed by atoms with Crippen molar-refractivity contribution in [3.8, 4) is 27.9 Å². The number of furan rings is 1. The Hall–Kier alpha value is -8.40. The molecule has 2 aromatic heterocycles. The molecule has 0 fully saturated rings. The van der Waals surface area contributed by atoms with Gasteiger partial charge in [-0.1, -0.05) is 152 Å². The predicted octanol–water partition coefficient (Wildman–Crippen LogP) is 16.9. The fourth-order valence-corrected chi connectivity index (χ4v) is 9.98. The molecule has 3 nitrogen and oxygen atoms in total. The van der Waals surface area contributed by atoms with E-state index in [2.05, 4.69) is 240 Å². The SMILES string of the molecule is c1ccc2c(c1)ccc1cc(-c3ccc(N(c4ccc(-c5cccc6oc7c8ccccc8ccc7c56)cc4)c4ccc(-n5c6ccccc6c6ccccc65)cc4)cc3)ccc12. The number of nitrogens with zero attached hydrogens (tertiary/aromatic N) is 2. The van der Waals surface area contributed by atoms with Gasteiger partial charge in [-0.3, -0.25) is 0 Å². The van der Waals surface area contributed by atoms with Gasteiger partial charge < -0.3 is 13.9 Å². The third-order valence-electron chi connectivity index (χ3n) is 13.0. The number of anilines is 3. The summed E-state index contributed by atoms with van der Waals surface area (Å²) >= 11 is 0. The van der Waals surface area contributed by atoms with Crippen LogP contribution >= 0.6 is 0 Å². The highest BCUT2D eigenvalue weighted by molar-refractivity contribution is 6.19. The third-order valence-corrected chi connectivity index (χ3v) is 13.0. The Morgan fingerprint density at radius 2 is 0.841 bits per heavy atom. The summed E-state index contributed by atoms with van der Waals surface area (Å²) in [6.45, 7) is 0. The molecule has 0 unspecified atom stereocenters. The number of rotatable bonds is 6. The van der Waals surface area contributed by atoms with E-state index in [4.69, 9.17) is 4.42 Å². The number of para-hydroxylation sites is 2. The predicted molar refractivity (Wildman–Crippen MR) is 266 cm³/mol. The minimum Gasteiger partial charge on any atom is -0.455 e. The highest BCUT2D eigenvalue weighted by Gasteiger charge is 2.18. The first-order valence-electron chi connectivity index (χ1n) is 21.6. The Morgan fingerprint density at radius 3 is 1.54 bits per heavy atom. The molecule has 11 aromatic carbocycles. The minimum absolute atomic E-state index is 0.896. The van der Waals surface area contributed by atoms with Gasteiger partial charge in [0.05, 0.1) is 11.0 Å². The van der Waals surface area contributed by atoms with Crippen LogP contribution in [-0.2, 0) is 0 Å². The van der Waals surface area contributed by atoms with Crippen LogP contribution in [0.4, 0.5) is 17.1 Å². The molecule has 0 radical (unpaired) electrons. The third kappa shape index (κ3) is 5.67. The lowest BCUT2D eigenvalue weighted by molar-refractivity contribution is 0.673. The number of fused-ring (bicyclic) bond motifs is 11. The zero-order chi connectivity index (χ0) is 41.4. The van der Waals surface area contributed by atoms with E-state index in [1.807, 2.05) is 0 Å². The molecule has 0 aliphatic carbocycles. The van der Waals surface area contributed by atoms with E-state index in [0.717, 1.165) is 61.2 Å². The maximum absolute atomic E-state index is 6.56. The first kappa shape index (κ1) is 35.4. The Balaban J connectivity index is 0.914. The summed E-state index contributed by atoms with van der Waals surface area (Å²) < 4.78 is 8.93.